The maximum Gasteiger partial charge on any atom is 0.300 e. The Balaban J connectivity index is 1.27. The van der Waals surface area contributed by atoms with Crippen LogP contribution in [0.15, 0.2) is 41.3 Å². The van der Waals surface area contributed by atoms with Crippen molar-refractivity contribution in [2.45, 2.75) is 29.4 Å². The van der Waals surface area contributed by atoms with Crippen LogP contribution < -0.4 is 20.9 Å². The van der Waals surface area contributed by atoms with Crippen molar-refractivity contribution in [3.63, 3.8) is 0 Å². The Labute approximate surface area is 224 Å². The van der Waals surface area contributed by atoms with E-state index in [1.807, 2.05) is 0 Å². The average Bonchev–Trinajstić information content (AvgIpc) is 3.26. The topological polar surface area (TPSA) is 121 Å². The number of anilines is 2. The van der Waals surface area contributed by atoms with Gasteiger partial charge in [0.2, 0.25) is 15.9 Å². The van der Waals surface area contributed by atoms with Crippen LogP contribution in [0.4, 0.5) is 20.3 Å². The third-order valence-electron chi connectivity index (χ3n) is 7.00. The van der Waals surface area contributed by atoms with E-state index in [1.165, 1.54) is 22.5 Å². The van der Waals surface area contributed by atoms with Gasteiger partial charge in [0.25, 0.3) is 5.92 Å². The lowest BCUT2D eigenvalue weighted by atomic mass is 10.0. The number of ether oxygens (including phenoxy) is 1. The molecule has 2 atom stereocenters. The molecule has 0 saturated carbocycles. The van der Waals surface area contributed by atoms with Gasteiger partial charge < -0.3 is 25.6 Å². The normalized spacial score (nSPS) is 23.7. The highest BCUT2D eigenvalue weighted by molar-refractivity contribution is 7.89. The Morgan fingerprint density at radius 1 is 1.13 bits per heavy atom. The van der Waals surface area contributed by atoms with Gasteiger partial charge in [-0.15, -0.1) is 0 Å². The maximum absolute atomic E-state index is 15.2. The minimum atomic E-state index is -3.80. The van der Waals surface area contributed by atoms with E-state index in [0.717, 1.165) is 6.07 Å². The number of aromatic nitrogens is 1. The number of sulfonamides is 1. The van der Waals surface area contributed by atoms with Crippen LogP contribution >= 0.6 is 11.6 Å². The van der Waals surface area contributed by atoms with Gasteiger partial charge in [-0.1, -0.05) is 11.6 Å². The number of hydrogen-bond donors (Lipinski definition) is 2. The molecule has 206 valence electrons. The third-order valence-corrected chi connectivity index (χ3v) is 9.11. The first-order valence-electron chi connectivity index (χ1n) is 12.3. The van der Waals surface area contributed by atoms with E-state index in [1.54, 1.807) is 21.9 Å². The van der Waals surface area contributed by atoms with Gasteiger partial charge in [0.15, 0.2) is 0 Å². The summed E-state index contributed by atoms with van der Waals surface area (Å²) in [5.74, 6) is -3.12. The van der Waals surface area contributed by atoms with Gasteiger partial charge in [0.1, 0.15) is 17.1 Å². The van der Waals surface area contributed by atoms with Crippen LogP contribution in [-0.4, -0.2) is 88.2 Å². The first-order valence-corrected chi connectivity index (χ1v) is 14.2. The molecule has 3 fully saturated rings. The number of alkyl halides is 2. The van der Waals surface area contributed by atoms with E-state index < -0.39 is 22.0 Å². The largest absolute Gasteiger partial charge is 0.369 e. The molecule has 3 saturated heterocycles. The fourth-order valence-electron chi connectivity index (χ4n) is 4.91. The summed E-state index contributed by atoms with van der Waals surface area (Å²) in [6.07, 6.45) is -1.06. The van der Waals surface area contributed by atoms with Crippen LogP contribution in [-0.2, 0) is 25.5 Å². The molecule has 0 spiro atoms. The lowest BCUT2D eigenvalue weighted by Gasteiger charge is -2.35. The van der Waals surface area contributed by atoms with Gasteiger partial charge in [-0.3, -0.25) is 4.79 Å². The Kier molecular flexibility index (Phi) is 7.59. The van der Waals surface area contributed by atoms with Crippen molar-refractivity contribution in [2.24, 2.45) is 5.73 Å². The molecule has 1 amide bonds. The van der Waals surface area contributed by atoms with E-state index >= 15 is 8.78 Å². The quantitative estimate of drug-likeness (QED) is 0.500. The number of hydrogen-bond acceptors (Lipinski definition) is 8. The van der Waals surface area contributed by atoms with Crippen LogP contribution in [0.2, 0.25) is 5.15 Å². The molecule has 14 heteroatoms. The predicted octanol–water partition coefficient (Wildman–Crippen LogP) is 1.39. The summed E-state index contributed by atoms with van der Waals surface area (Å²) in [5.41, 5.74) is 6.15. The zero-order valence-electron chi connectivity index (χ0n) is 20.5. The highest BCUT2D eigenvalue weighted by Gasteiger charge is 2.44. The van der Waals surface area contributed by atoms with Crippen molar-refractivity contribution in [3.05, 3.63) is 47.1 Å². The second-order valence-corrected chi connectivity index (χ2v) is 11.9. The number of pyridine rings is 1. The highest BCUT2D eigenvalue weighted by Crippen LogP contribution is 2.37. The van der Waals surface area contributed by atoms with Crippen molar-refractivity contribution >= 4 is 39.0 Å². The molecule has 4 heterocycles. The van der Waals surface area contributed by atoms with Crippen molar-refractivity contribution < 1.29 is 26.7 Å². The molecule has 3 aliphatic heterocycles. The molecule has 1 aromatic heterocycles. The standard InChI is InChI=1S/C24H29ClF2N6O4S/c25-21-11-16(24(26,27)20-14-29-5-10-37-20)12-22(30-21)31-6-8-32(9-7-31)38(35,36)19-3-1-18(2-4-19)33-15-17(28)13-23(33)34/h1-4,11-12,17,20,29H,5-10,13-15,28H2/t17-,20-/m1/s1. The SMILES string of the molecule is N[C@@H]1CC(=O)N(c2ccc(S(=O)(=O)N3CCN(c4cc(C(F)(F)[C@H]5CNCCO5)cc(Cl)n4)CC3)cc2)C1. The van der Waals surface area contributed by atoms with E-state index in [-0.39, 0.29) is 79.1 Å². The van der Waals surface area contributed by atoms with Gasteiger partial charge in [0.05, 0.1) is 11.5 Å². The molecular weight excluding hydrogens is 542 g/mol. The summed E-state index contributed by atoms with van der Waals surface area (Å²) in [7, 11) is -3.80. The van der Waals surface area contributed by atoms with Crippen LogP contribution in [0.1, 0.15) is 12.0 Å². The first-order chi connectivity index (χ1) is 18.1. The summed E-state index contributed by atoms with van der Waals surface area (Å²) in [6.45, 7) is 1.88. The first kappa shape index (κ1) is 27.2. The summed E-state index contributed by atoms with van der Waals surface area (Å²) >= 11 is 6.11. The number of amides is 1. The van der Waals surface area contributed by atoms with Crippen molar-refractivity contribution in [1.29, 1.82) is 0 Å². The molecule has 5 rings (SSSR count). The van der Waals surface area contributed by atoms with Crippen LogP contribution in [0.3, 0.4) is 0 Å². The molecule has 0 aliphatic carbocycles. The third kappa shape index (κ3) is 5.36. The maximum atomic E-state index is 15.2. The van der Waals surface area contributed by atoms with E-state index in [0.29, 0.717) is 18.8 Å². The number of nitrogens with zero attached hydrogens (tertiary/aromatic N) is 4. The van der Waals surface area contributed by atoms with Gasteiger partial charge in [-0.25, -0.2) is 13.4 Å². The number of morpholine rings is 1. The fraction of sp³-hybridized carbons (Fsp3) is 0.500. The van der Waals surface area contributed by atoms with Gasteiger partial charge >= 0.3 is 0 Å². The summed E-state index contributed by atoms with van der Waals surface area (Å²) in [4.78, 5) is 19.7. The molecule has 1 aromatic carbocycles. The Bertz CT molecular complexity index is 1290. The Morgan fingerprint density at radius 2 is 1.84 bits per heavy atom. The lowest BCUT2D eigenvalue weighted by molar-refractivity contribution is -0.151. The smallest absolute Gasteiger partial charge is 0.300 e. The molecule has 10 nitrogen and oxygen atoms in total. The zero-order chi connectivity index (χ0) is 27.1. The second kappa shape index (κ2) is 10.6. The molecule has 0 bridgehead atoms. The van der Waals surface area contributed by atoms with E-state index in [4.69, 9.17) is 22.1 Å². The number of carbonyl (C=O) groups is 1. The average molecular weight is 571 g/mol. The number of rotatable bonds is 6. The van der Waals surface area contributed by atoms with Gasteiger partial charge in [-0.05, 0) is 36.4 Å². The van der Waals surface area contributed by atoms with Crippen molar-refractivity contribution in [1.82, 2.24) is 14.6 Å². The molecule has 3 aliphatic rings. The van der Waals surface area contributed by atoms with Crippen LogP contribution in [0, 0.1) is 0 Å². The minimum Gasteiger partial charge on any atom is -0.369 e. The molecule has 0 unspecified atom stereocenters. The monoisotopic (exact) mass is 570 g/mol. The summed E-state index contributed by atoms with van der Waals surface area (Å²) < 4.78 is 63.4. The highest BCUT2D eigenvalue weighted by atomic mass is 35.5. The molecule has 3 N–H and O–H groups in total. The van der Waals surface area contributed by atoms with E-state index in [2.05, 4.69) is 10.3 Å². The predicted molar refractivity (Wildman–Crippen MR) is 138 cm³/mol. The van der Waals surface area contributed by atoms with Crippen LogP contribution in [0.25, 0.3) is 0 Å². The molecule has 2 aromatic rings. The van der Waals surface area contributed by atoms with Crippen LogP contribution in [0.5, 0.6) is 0 Å². The summed E-state index contributed by atoms with van der Waals surface area (Å²) in [5, 5.41) is 2.83. The van der Waals surface area contributed by atoms with Crippen molar-refractivity contribution in [2.75, 3.05) is 62.2 Å². The zero-order valence-corrected chi connectivity index (χ0v) is 22.1. The minimum absolute atomic E-state index is 0.0155. The fourth-order valence-corrected chi connectivity index (χ4v) is 6.54. The molecular formula is C24H29ClF2N6O4S. The number of nitrogens with one attached hydrogen (secondary N) is 1. The molecule has 0 radical (unpaired) electrons. The second-order valence-electron chi connectivity index (χ2n) is 9.58. The van der Waals surface area contributed by atoms with Gasteiger partial charge in [0, 0.05) is 69.5 Å². The Morgan fingerprint density at radius 3 is 2.45 bits per heavy atom. The van der Waals surface area contributed by atoms with Crippen molar-refractivity contribution in [3.8, 4) is 0 Å². The Hall–Kier alpha value is -2.42. The number of carbonyl (C=O) groups excluding carboxylic acids is 1. The summed E-state index contributed by atoms with van der Waals surface area (Å²) in [6, 6.07) is 8.34. The number of benzene rings is 1. The number of nitrogens with two attached hydrogens (primary N) is 1. The lowest BCUT2D eigenvalue weighted by Crippen LogP contribution is -2.49. The number of halogens is 3. The van der Waals surface area contributed by atoms with Gasteiger partial charge in [-0.2, -0.15) is 13.1 Å². The molecule has 38 heavy (non-hydrogen) atoms. The van der Waals surface area contributed by atoms with E-state index in [9.17, 15) is 13.2 Å². The number of piperazine rings is 1.